The molecule has 1 N–H and O–H groups in total. The Balaban J connectivity index is 2.01. The molecule has 118 valence electrons. The van der Waals surface area contributed by atoms with E-state index in [1.54, 1.807) is 0 Å². The molecule has 2 nitrogen and oxygen atoms in total. The molecule has 0 heterocycles. The van der Waals surface area contributed by atoms with Gasteiger partial charge in [-0.1, -0.05) is 43.6 Å². The molecule has 0 spiro atoms. The van der Waals surface area contributed by atoms with Gasteiger partial charge in [-0.15, -0.1) is 0 Å². The van der Waals surface area contributed by atoms with Crippen molar-refractivity contribution in [3.63, 3.8) is 0 Å². The van der Waals surface area contributed by atoms with Crippen LogP contribution in [-0.4, -0.2) is 12.1 Å². The lowest BCUT2D eigenvalue weighted by molar-refractivity contribution is 0.101. The standard InChI is InChI=1S/C18H28BrNO/c1-12(2)20-11-15-10-16(5-6-18(15)19)21-17-8-13(3)7-14(4)9-17/h5-6,10,12-14,17,20H,7-9,11H2,1-4H3. The van der Waals surface area contributed by atoms with E-state index in [-0.39, 0.29) is 0 Å². The van der Waals surface area contributed by atoms with E-state index in [9.17, 15) is 0 Å². The quantitative estimate of drug-likeness (QED) is 0.789. The van der Waals surface area contributed by atoms with Crippen LogP contribution >= 0.6 is 15.9 Å². The predicted molar refractivity (Wildman–Crippen MR) is 92.7 cm³/mol. The van der Waals surface area contributed by atoms with Gasteiger partial charge in [0.15, 0.2) is 0 Å². The van der Waals surface area contributed by atoms with Gasteiger partial charge in [0.05, 0.1) is 6.10 Å². The summed E-state index contributed by atoms with van der Waals surface area (Å²) in [6, 6.07) is 6.83. The highest BCUT2D eigenvalue weighted by Crippen LogP contribution is 2.32. The fraction of sp³-hybridized carbons (Fsp3) is 0.667. The van der Waals surface area contributed by atoms with Crippen molar-refractivity contribution < 1.29 is 4.74 Å². The highest BCUT2D eigenvalue weighted by molar-refractivity contribution is 9.10. The molecule has 2 rings (SSSR count). The lowest BCUT2D eigenvalue weighted by Crippen LogP contribution is -2.28. The maximum Gasteiger partial charge on any atom is 0.120 e. The van der Waals surface area contributed by atoms with Crippen molar-refractivity contribution in [1.82, 2.24) is 5.32 Å². The summed E-state index contributed by atoms with van der Waals surface area (Å²) in [6.07, 6.45) is 4.07. The van der Waals surface area contributed by atoms with Crippen molar-refractivity contribution in [3.8, 4) is 5.75 Å². The third kappa shape index (κ3) is 5.30. The number of benzene rings is 1. The van der Waals surface area contributed by atoms with Crippen LogP contribution in [-0.2, 0) is 6.54 Å². The molecule has 21 heavy (non-hydrogen) atoms. The molecule has 0 radical (unpaired) electrons. The highest BCUT2D eigenvalue weighted by Gasteiger charge is 2.25. The first-order valence-electron chi connectivity index (χ1n) is 8.12. The largest absolute Gasteiger partial charge is 0.490 e. The first-order chi connectivity index (χ1) is 9.94. The Hall–Kier alpha value is -0.540. The molecule has 1 fully saturated rings. The molecule has 0 bridgehead atoms. The normalized spacial score (nSPS) is 26.1. The monoisotopic (exact) mass is 353 g/mol. The maximum atomic E-state index is 6.25. The number of nitrogens with one attached hydrogen (secondary N) is 1. The summed E-state index contributed by atoms with van der Waals surface area (Å²) in [5.74, 6) is 2.55. The average molecular weight is 354 g/mol. The third-order valence-electron chi connectivity index (χ3n) is 4.16. The fourth-order valence-electron chi connectivity index (χ4n) is 3.24. The molecule has 1 aromatic carbocycles. The van der Waals surface area contributed by atoms with E-state index in [0.29, 0.717) is 12.1 Å². The van der Waals surface area contributed by atoms with Gasteiger partial charge in [0.25, 0.3) is 0 Å². The van der Waals surface area contributed by atoms with E-state index in [1.807, 2.05) is 0 Å². The van der Waals surface area contributed by atoms with Gasteiger partial charge in [-0.2, -0.15) is 0 Å². The zero-order valence-electron chi connectivity index (χ0n) is 13.7. The van der Waals surface area contributed by atoms with Crippen molar-refractivity contribution in [3.05, 3.63) is 28.2 Å². The molecule has 1 aliphatic carbocycles. The molecule has 1 saturated carbocycles. The summed E-state index contributed by atoms with van der Waals surface area (Å²) in [5.41, 5.74) is 1.26. The van der Waals surface area contributed by atoms with E-state index < -0.39 is 0 Å². The average Bonchev–Trinajstić information content (AvgIpc) is 2.38. The first kappa shape index (κ1) is 16.8. The van der Waals surface area contributed by atoms with E-state index in [0.717, 1.165) is 28.6 Å². The molecular weight excluding hydrogens is 326 g/mol. The van der Waals surface area contributed by atoms with Crippen molar-refractivity contribution in [2.45, 2.75) is 65.6 Å². The Kier molecular flexibility index (Phi) is 6.12. The van der Waals surface area contributed by atoms with Gasteiger partial charge in [-0.25, -0.2) is 0 Å². The van der Waals surface area contributed by atoms with Crippen LogP contribution in [0.5, 0.6) is 5.75 Å². The molecular formula is C18H28BrNO. The zero-order valence-corrected chi connectivity index (χ0v) is 15.2. The molecule has 0 amide bonds. The van der Waals surface area contributed by atoms with Crippen LogP contribution in [0.3, 0.4) is 0 Å². The van der Waals surface area contributed by atoms with Crippen LogP contribution in [0.15, 0.2) is 22.7 Å². The Bertz CT molecular complexity index is 451. The van der Waals surface area contributed by atoms with Crippen molar-refractivity contribution in [1.29, 1.82) is 0 Å². The van der Waals surface area contributed by atoms with Crippen LogP contribution in [0, 0.1) is 11.8 Å². The summed E-state index contributed by atoms with van der Waals surface area (Å²) in [5, 5.41) is 3.46. The zero-order chi connectivity index (χ0) is 15.4. The lowest BCUT2D eigenvalue weighted by atomic mass is 9.82. The molecule has 2 unspecified atom stereocenters. The van der Waals surface area contributed by atoms with Gasteiger partial charge in [-0.05, 0) is 54.9 Å². The minimum atomic E-state index is 0.371. The Morgan fingerprint density at radius 3 is 2.48 bits per heavy atom. The molecule has 1 aliphatic rings. The molecule has 0 saturated heterocycles. The second-order valence-electron chi connectivity index (χ2n) is 6.95. The van der Waals surface area contributed by atoms with E-state index >= 15 is 0 Å². The van der Waals surface area contributed by atoms with Gasteiger partial charge in [0.2, 0.25) is 0 Å². The molecule has 3 heteroatoms. The summed E-state index contributed by atoms with van der Waals surface area (Å²) >= 11 is 3.63. The second-order valence-corrected chi connectivity index (χ2v) is 7.80. The fourth-order valence-corrected chi connectivity index (χ4v) is 3.62. The maximum absolute atomic E-state index is 6.25. The SMILES string of the molecule is CC1CC(C)CC(Oc2ccc(Br)c(CNC(C)C)c2)C1. The number of hydrogen-bond donors (Lipinski definition) is 1. The minimum absolute atomic E-state index is 0.371. The van der Waals surface area contributed by atoms with Crippen LogP contribution in [0.2, 0.25) is 0 Å². The number of hydrogen-bond acceptors (Lipinski definition) is 2. The summed E-state index contributed by atoms with van der Waals surface area (Å²) in [4.78, 5) is 0. The molecule has 0 aliphatic heterocycles. The molecule has 2 atom stereocenters. The van der Waals surface area contributed by atoms with Gasteiger partial charge >= 0.3 is 0 Å². The number of ether oxygens (including phenoxy) is 1. The van der Waals surface area contributed by atoms with Crippen molar-refractivity contribution in [2.24, 2.45) is 11.8 Å². The van der Waals surface area contributed by atoms with E-state index in [2.05, 4.69) is 67.1 Å². The molecule has 0 aromatic heterocycles. The Morgan fingerprint density at radius 2 is 1.86 bits per heavy atom. The van der Waals surface area contributed by atoms with Gasteiger partial charge in [0.1, 0.15) is 5.75 Å². The lowest BCUT2D eigenvalue weighted by Gasteiger charge is -2.31. The Morgan fingerprint density at radius 1 is 1.19 bits per heavy atom. The Labute approximate surface area is 137 Å². The summed E-state index contributed by atoms with van der Waals surface area (Å²) in [6.45, 7) is 9.88. The first-order valence-corrected chi connectivity index (χ1v) is 8.91. The van der Waals surface area contributed by atoms with Gasteiger partial charge in [-0.3, -0.25) is 0 Å². The summed E-state index contributed by atoms with van der Waals surface area (Å²) < 4.78 is 7.40. The van der Waals surface area contributed by atoms with Crippen LogP contribution < -0.4 is 10.1 Å². The smallest absolute Gasteiger partial charge is 0.120 e. The van der Waals surface area contributed by atoms with E-state index in [1.165, 1.54) is 24.8 Å². The topological polar surface area (TPSA) is 21.3 Å². The van der Waals surface area contributed by atoms with Crippen molar-refractivity contribution in [2.75, 3.05) is 0 Å². The van der Waals surface area contributed by atoms with Crippen LogP contribution in [0.1, 0.15) is 52.5 Å². The van der Waals surface area contributed by atoms with Gasteiger partial charge in [0, 0.05) is 17.1 Å². The third-order valence-corrected chi connectivity index (χ3v) is 4.93. The van der Waals surface area contributed by atoms with Gasteiger partial charge < -0.3 is 10.1 Å². The van der Waals surface area contributed by atoms with Crippen LogP contribution in [0.25, 0.3) is 0 Å². The molecule has 1 aromatic rings. The highest BCUT2D eigenvalue weighted by atomic mass is 79.9. The number of rotatable bonds is 5. The van der Waals surface area contributed by atoms with Crippen LogP contribution in [0.4, 0.5) is 0 Å². The summed E-state index contributed by atoms with van der Waals surface area (Å²) in [7, 11) is 0. The van der Waals surface area contributed by atoms with E-state index in [4.69, 9.17) is 4.74 Å². The van der Waals surface area contributed by atoms with Crippen molar-refractivity contribution >= 4 is 15.9 Å². The second kappa shape index (κ2) is 7.64. The minimum Gasteiger partial charge on any atom is -0.490 e. The predicted octanol–water partition coefficient (Wildman–Crippen LogP) is 5.15. The number of halogens is 1.